The second-order valence-corrected chi connectivity index (χ2v) is 5.89. The summed E-state index contributed by atoms with van der Waals surface area (Å²) < 4.78 is 5.13. The molecule has 6 heteroatoms. The lowest BCUT2D eigenvalue weighted by atomic mass is 10.2. The number of anilines is 2. The van der Waals surface area contributed by atoms with E-state index < -0.39 is 0 Å². The molecule has 2 aromatic rings. The van der Waals surface area contributed by atoms with Gasteiger partial charge in [-0.3, -0.25) is 4.79 Å². The van der Waals surface area contributed by atoms with Gasteiger partial charge in [-0.1, -0.05) is 24.9 Å². The van der Waals surface area contributed by atoms with Crippen molar-refractivity contribution in [2.45, 2.75) is 19.8 Å². The number of methoxy groups -OCH3 is 1. The summed E-state index contributed by atoms with van der Waals surface area (Å²) in [5, 5.41) is 3.67. The lowest BCUT2D eigenvalue weighted by Gasteiger charge is -2.16. The topological polar surface area (TPSA) is 54.5 Å². The van der Waals surface area contributed by atoms with Crippen LogP contribution >= 0.6 is 11.6 Å². The van der Waals surface area contributed by atoms with Gasteiger partial charge in [-0.2, -0.15) is 0 Å². The molecular formula is C18H22ClN3O2. The number of halogens is 1. The molecule has 128 valence electrons. The summed E-state index contributed by atoms with van der Waals surface area (Å²) in [6, 6.07) is 8.94. The summed E-state index contributed by atoms with van der Waals surface area (Å²) in [5.41, 5.74) is 1.37. The fourth-order valence-corrected chi connectivity index (χ4v) is 2.46. The first-order valence-corrected chi connectivity index (χ1v) is 8.25. The predicted octanol–water partition coefficient (Wildman–Crippen LogP) is 4.36. The first-order valence-electron chi connectivity index (χ1n) is 7.87. The van der Waals surface area contributed by atoms with Gasteiger partial charge in [-0.25, -0.2) is 4.98 Å². The zero-order valence-electron chi connectivity index (χ0n) is 14.2. The third kappa shape index (κ3) is 4.61. The Kier molecular flexibility index (Phi) is 6.44. The number of pyridine rings is 1. The number of nitrogens with zero attached hydrogens (tertiary/aromatic N) is 2. The minimum Gasteiger partial charge on any atom is -0.495 e. The molecule has 2 rings (SSSR count). The molecule has 0 saturated carbocycles. The van der Waals surface area contributed by atoms with Gasteiger partial charge in [-0.15, -0.1) is 0 Å². The molecule has 1 amide bonds. The van der Waals surface area contributed by atoms with Crippen molar-refractivity contribution < 1.29 is 9.53 Å². The van der Waals surface area contributed by atoms with Gasteiger partial charge in [0.25, 0.3) is 5.91 Å². The quantitative estimate of drug-likeness (QED) is 0.808. The van der Waals surface area contributed by atoms with Crippen molar-refractivity contribution in [1.29, 1.82) is 0 Å². The smallest absolute Gasteiger partial charge is 0.255 e. The van der Waals surface area contributed by atoms with Crippen molar-refractivity contribution >= 4 is 29.0 Å². The van der Waals surface area contributed by atoms with E-state index in [-0.39, 0.29) is 5.91 Å². The van der Waals surface area contributed by atoms with Crippen molar-refractivity contribution in [3.63, 3.8) is 0 Å². The molecule has 0 atom stereocenters. The molecule has 1 aromatic heterocycles. The summed E-state index contributed by atoms with van der Waals surface area (Å²) in [6.07, 6.45) is 3.63. The van der Waals surface area contributed by atoms with E-state index in [1.807, 2.05) is 13.1 Å². The van der Waals surface area contributed by atoms with Crippen LogP contribution in [0.4, 0.5) is 11.5 Å². The SMILES string of the molecule is CCCCN(C)C(=O)c1ccc(Nc2ccc(OC)c(Cl)c2)nc1. The van der Waals surface area contributed by atoms with Crippen LogP contribution in [0.25, 0.3) is 0 Å². The largest absolute Gasteiger partial charge is 0.495 e. The Balaban J connectivity index is 2.04. The molecule has 5 nitrogen and oxygen atoms in total. The maximum atomic E-state index is 12.3. The summed E-state index contributed by atoms with van der Waals surface area (Å²) in [7, 11) is 3.38. The number of unbranched alkanes of at least 4 members (excludes halogenated alkanes) is 1. The van der Waals surface area contributed by atoms with Crippen molar-refractivity contribution in [2.75, 3.05) is 26.0 Å². The Bertz CT molecular complexity index is 689. The predicted molar refractivity (Wildman–Crippen MR) is 97.4 cm³/mol. The van der Waals surface area contributed by atoms with Crippen LogP contribution in [-0.4, -0.2) is 36.5 Å². The van der Waals surface area contributed by atoms with E-state index in [0.29, 0.717) is 22.2 Å². The lowest BCUT2D eigenvalue weighted by Crippen LogP contribution is -2.27. The second-order valence-electron chi connectivity index (χ2n) is 5.49. The second kappa shape index (κ2) is 8.55. The van der Waals surface area contributed by atoms with Crippen molar-refractivity contribution in [2.24, 2.45) is 0 Å². The van der Waals surface area contributed by atoms with Crippen LogP contribution in [-0.2, 0) is 0 Å². The molecule has 0 radical (unpaired) electrons. The molecule has 0 spiro atoms. The fraction of sp³-hybridized carbons (Fsp3) is 0.333. The van der Waals surface area contributed by atoms with Gasteiger partial charge in [0.05, 0.1) is 17.7 Å². The normalized spacial score (nSPS) is 10.3. The number of carbonyl (C=O) groups excluding carboxylic acids is 1. The summed E-state index contributed by atoms with van der Waals surface area (Å²) in [4.78, 5) is 18.3. The third-order valence-electron chi connectivity index (χ3n) is 3.63. The minimum absolute atomic E-state index is 0.0185. The van der Waals surface area contributed by atoms with Crippen molar-refractivity contribution in [1.82, 2.24) is 9.88 Å². The number of ether oxygens (including phenoxy) is 1. The first-order chi connectivity index (χ1) is 11.5. The summed E-state index contributed by atoms with van der Waals surface area (Å²) in [5.74, 6) is 1.24. The Hall–Kier alpha value is -2.27. The maximum absolute atomic E-state index is 12.3. The molecule has 24 heavy (non-hydrogen) atoms. The highest BCUT2D eigenvalue weighted by Gasteiger charge is 2.11. The van der Waals surface area contributed by atoms with Crippen molar-refractivity contribution in [3.05, 3.63) is 47.1 Å². The first kappa shape index (κ1) is 18.1. The zero-order valence-corrected chi connectivity index (χ0v) is 14.9. The maximum Gasteiger partial charge on any atom is 0.255 e. The summed E-state index contributed by atoms with van der Waals surface area (Å²) >= 11 is 6.10. The number of benzene rings is 1. The molecule has 0 fully saturated rings. The van der Waals surface area contributed by atoms with E-state index >= 15 is 0 Å². The number of carbonyl (C=O) groups is 1. The highest BCUT2D eigenvalue weighted by Crippen LogP contribution is 2.28. The molecule has 0 aliphatic carbocycles. The molecule has 1 aromatic carbocycles. The summed E-state index contributed by atoms with van der Waals surface area (Å²) in [6.45, 7) is 2.85. The highest BCUT2D eigenvalue weighted by molar-refractivity contribution is 6.32. The molecule has 0 bridgehead atoms. The molecule has 0 saturated heterocycles. The monoisotopic (exact) mass is 347 g/mol. The molecule has 0 aliphatic rings. The molecule has 1 heterocycles. The molecule has 0 aliphatic heterocycles. The fourth-order valence-electron chi connectivity index (χ4n) is 2.20. The van der Waals surface area contributed by atoms with E-state index in [1.165, 1.54) is 0 Å². The van der Waals surface area contributed by atoms with E-state index in [2.05, 4.69) is 17.2 Å². The Morgan fingerprint density at radius 2 is 2.12 bits per heavy atom. The lowest BCUT2D eigenvalue weighted by molar-refractivity contribution is 0.0793. The van der Waals surface area contributed by atoms with E-state index in [0.717, 1.165) is 25.1 Å². The van der Waals surface area contributed by atoms with Crippen LogP contribution in [0.5, 0.6) is 5.75 Å². The molecular weight excluding hydrogens is 326 g/mol. The van der Waals surface area contributed by atoms with Crippen LogP contribution in [0.15, 0.2) is 36.5 Å². The van der Waals surface area contributed by atoms with Crippen LogP contribution in [0, 0.1) is 0 Å². The van der Waals surface area contributed by atoms with Crippen LogP contribution in [0.2, 0.25) is 5.02 Å². The minimum atomic E-state index is -0.0185. The zero-order chi connectivity index (χ0) is 17.5. The van der Waals surface area contributed by atoms with Crippen LogP contribution in [0.3, 0.4) is 0 Å². The van der Waals surface area contributed by atoms with Gasteiger partial charge in [0, 0.05) is 25.5 Å². The number of hydrogen-bond acceptors (Lipinski definition) is 4. The molecule has 0 unspecified atom stereocenters. The Morgan fingerprint density at radius 3 is 2.71 bits per heavy atom. The Labute approximate surface area is 147 Å². The van der Waals surface area contributed by atoms with E-state index in [4.69, 9.17) is 16.3 Å². The number of rotatable bonds is 7. The van der Waals surface area contributed by atoms with Gasteiger partial charge in [0.1, 0.15) is 11.6 Å². The van der Waals surface area contributed by atoms with Gasteiger partial charge in [-0.05, 0) is 36.8 Å². The van der Waals surface area contributed by atoms with Crippen LogP contribution < -0.4 is 10.1 Å². The Morgan fingerprint density at radius 1 is 1.33 bits per heavy atom. The number of nitrogens with one attached hydrogen (secondary N) is 1. The molecule has 1 N–H and O–H groups in total. The number of aromatic nitrogens is 1. The van der Waals surface area contributed by atoms with Crippen LogP contribution in [0.1, 0.15) is 30.1 Å². The van der Waals surface area contributed by atoms with E-state index in [1.54, 1.807) is 42.5 Å². The average Bonchev–Trinajstić information content (AvgIpc) is 2.60. The van der Waals surface area contributed by atoms with Gasteiger partial charge in [0.2, 0.25) is 0 Å². The van der Waals surface area contributed by atoms with Gasteiger partial charge >= 0.3 is 0 Å². The third-order valence-corrected chi connectivity index (χ3v) is 3.92. The van der Waals surface area contributed by atoms with Crippen molar-refractivity contribution in [3.8, 4) is 5.75 Å². The van der Waals surface area contributed by atoms with Gasteiger partial charge < -0.3 is 15.0 Å². The number of amides is 1. The number of hydrogen-bond donors (Lipinski definition) is 1. The standard InChI is InChI=1S/C18H22ClN3O2/c1-4-5-10-22(2)18(23)13-6-9-17(20-12-13)21-14-7-8-16(24-3)15(19)11-14/h6-9,11-12H,4-5,10H2,1-3H3,(H,20,21). The highest BCUT2D eigenvalue weighted by atomic mass is 35.5. The average molecular weight is 348 g/mol. The van der Waals surface area contributed by atoms with Gasteiger partial charge in [0.15, 0.2) is 0 Å². The van der Waals surface area contributed by atoms with E-state index in [9.17, 15) is 4.79 Å².